The molecule has 0 bridgehead atoms. The van der Waals surface area contributed by atoms with Crippen molar-refractivity contribution in [1.82, 2.24) is 4.90 Å². The van der Waals surface area contributed by atoms with E-state index in [1.807, 2.05) is 62.9 Å². The van der Waals surface area contributed by atoms with Crippen LogP contribution < -0.4 is 0 Å². The van der Waals surface area contributed by atoms with E-state index in [-0.39, 0.29) is 29.8 Å². The fourth-order valence-electron chi connectivity index (χ4n) is 5.50. The molecule has 1 saturated carbocycles. The second-order valence-electron chi connectivity index (χ2n) is 11.0. The Labute approximate surface area is 213 Å². The number of Topliss-reactive ketones (excluding diaryl/α,β-unsaturated/α-hetero) is 1. The van der Waals surface area contributed by atoms with Gasteiger partial charge in [-0.25, -0.2) is 9.18 Å². The molecular weight excluding hydrogens is 453 g/mol. The number of fused-ring (bicyclic) bond motifs is 1. The summed E-state index contributed by atoms with van der Waals surface area (Å²) in [7, 11) is 0. The number of carbonyl (C=O) groups excluding carboxylic acids is 2. The number of nitrogens with zero attached hydrogens (tertiary/aromatic N) is 1. The summed E-state index contributed by atoms with van der Waals surface area (Å²) in [5.74, 6) is 0.175. The molecule has 3 aromatic rings. The van der Waals surface area contributed by atoms with Crippen molar-refractivity contribution in [2.75, 3.05) is 0 Å². The third-order valence-corrected chi connectivity index (χ3v) is 7.05. The first-order valence-electron chi connectivity index (χ1n) is 12.8. The summed E-state index contributed by atoms with van der Waals surface area (Å²) in [5.41, 5.74) is 2.52. The largest absolute Gasteiger partial charge is 0.444 e. The van der Waals surface area contributed by atoms with Crippen LogP contribution in [0.1, 0.15) is 82.5 Å². The van der Waals surface area contributed by atoms with E-state index in [1.54, 1.807) is 19.1 Å². The molecule has 0 spiro atoms. The van der Waals surface area contributed by atoms with E-state index in [9.17, 15) is 14.0 Å². The van der Waals surface area contributed by atoms with Crippen molar-refractivity contribution >= 4 is 22.6 Å². The van der Waals surface area contributed by atoms with Crippen molar-refractivity contribution in [3.8, 4) is 0 Å². The highest BCUT2D eigenvalue weighted by Crippen LogP contribution is 2.41. The third kappa shape index (κ3) is 5.77. The third-order valence-electron chi connectivity index (χ3n) is 7.05. The molecule has 36 heavy (non-hydrogen) atoms. The molecule has 3 atom stereocenters. The van der Waals surface area contributed by atoms with Gasteiger partial charge in [-0.05, 0) is 87.9 Å². The number of carbonyl (C=O) groups is 2. The standard InChI is InChI=1S/C31H36FNO3/c1-20(34)17-22-9-8-10-23(18-22)24-13-14-25(19-24)33(30(35)36-31(3,4)5)21(2)26-15-16-29(32)28-12-7-6-11-27(26)28/h6-12,15-16,18,21,24-25H,13-14,17,19H2,1-5H3/t21-,24-,25+/m1/s1. The second-order valence-corrected chi connectivity index (χ2v) is 11.0. The summed E-state index contributed by atoms with van der Waals surface area (Å²) in [6.07, 6.45) is 2.70. The minimum absolute atomic E-state index is 0.0138. The Hall–Kier alpha value is -3.21. The average molecular weight is 490 g/mol. The van der Waals surface area contributed by atoms with Gasteiger partial charge in [0.1, 0.15) is 17.2 Å². The van der Waals surface area contributed by atoms with Gasteiger partial charge in [0.2, 0.25) is 0 Å². The lowest BCUT2D eigenvalue weighted by molar-refractivity contribution is -0.116. The van der Waals surface area contributed by atoms with Crippen LogP contribution in [0.25, 0.3) is 10.8 Å². The zero-order chi connectivity index (χ0) is 26.0. The first-order chi connectivity index (χ1) is 17.0. The molecular formula is C31H36FNO3. The molecule has 1 fully saturated rings. The van der Waals surface area contributed by atoms with E-state index in [4.69, 9.17) is 4.74 Å². The van der Waals surface area contributed by atoms with Crippen LogP contribution >= 0.6 is 0 Å². The molecule has 0 aliphatic heterocycles. The van der Waals surface area contributed by atoms with Crippen LogP contribution in [0.4, 0.5) is 9.18 Å². The molecule has 3 aromatic carbocycles. The van der Waals surface area contributed by atoms with E-state index in [2.05, 4.69) is 12.1 Å². The Morgan fingerprint density at radius 1 is 1.03 bits per heavy atom. The molecule has 5 heteroatoms. The van der Waals surface area contributed by atoms with Gasteiger partial charge in [0, 0.05) is 17.8 Å². The molecule has 0 heterocycles. The molecule has 0 N–H and O–H groups in total. The number of ether oxygens (including phenoxy) is 1. The van der Waals surface area contributed by atoms with Crippen LogP contribution in [0.15, 0.2) is 60.7 Å². The van der Waals surface area contributed by atoms with Crippen LogP contribution in [0.2, 0.25) is 0 Å². The number of ketones is 1. The van der Waals surface area contributed by atoms with Crippen LogP contribution in [0.5, 0.6) is 0 Å². The number of hydrogen-bond acceptors (Lipinski definition) is 3. The number of rotatable bonds is 6. The summed E-state index contributed by atoms with van der Waals surface area (Å²) in [6, 6.07) is 18.6. The average Bonchev–Trinajstić information content (AvgIpc) is 3.28. The molecule has 0 aromatic heterocycles. The van der Waals surface area contributed by atoms with Crippen LogP contribution in [-0.2, 0) is 16.0 Å². The Morgan fingerprint density at radius 3 is 2.44 bits per heavy atom. The number of halogens is 1. The first-order valence-corrected chi connectivity index (χ1v) is 12.8. The minimum Gasteiger partial charge on any atom is -0.444 e. The van der Waals surface area contributed by atoms with Gasteiger partial charge in [-0.3, -0.25) is 9.69 Å². The van der Waals surface area contributed by atoms with Gasteiger partial charge in [0.25, 0.3) is 0 Å². The van der Waals surface area contributed by atoms with Crippen molar-refractivity contribution < 1.29 is 18.7 Å². The SMILES string of the molecule is CC(=O)Cc1cccc([C@@H]2CC[C@H](N(C(=O)OC(C)(C)C)[C@H](C)c3ccc(F)c4ccccc34)C2)c1. The Balaban J connectivity index is 1.66. The zero-order valence-electron chi connectivity index (χ0n) is 21.9. The van der Waals surface area contributed by atoms with Crippen molar-refractivity contribution in [2.24, 2.45) is 0 Å². The number of hydrogen-bond donors (Lipinski definition) is 0. The van der Waals surface area contributed by atoms with E-state index in [0.717, 1.165) is 35.8 Å². The predicted octanol–water partition coefficient (Wildman–Crippen LogP) is 7.74. The summed E-state index contributed by atoms with van der Waals surface area (Å²) < 4.78 is 20.4. The fourth-order valence-corrected chi connectivity index (χ4v) is 5.50. The molecule has 1 amide bonds. The summed E-state index contributed by atoms with van der Waals surface area (Å²) in [5, 5.41) is 1.36. The van der Waals surface area contributed by atoms with Gasteiger partial charge >= 0.3 is 6.09 Å². The maximum Gasteiger partial charge on any atom is 0.411 e. The Kier molecular flexibility index (Phi) is 7.49. The molecule has 0 unspecified atom stereocenters. The maximum atomic E-state index is 14.5. The highest BCUT2D eigenvalue weighted by atomic mass is 19.1. The van der Waals surface area contributed by atoms with E-state index >= 15 is 0 Å². The van der Waals surface area contributed by atoms with Crippen molar-refractivity contribution in [3.05, 3.63) is 83.2 Å². The van der Waals surface area contributed by atoms with Crippen LogP contribution in [0, 0.1) is 5.82 Å². The van der Waals surface area contributed by atoms with Gasteiger partial charge in [-0.1, -0.05) is 54.6 Å². The van der Waals surface area contributed by atoms with E-state index in [0.29, 0.717) is 17.7 Å². The molecule has 1 aliphatic carbocycles. The van der Waals surface area contributed by atoms with Crippen LogP contribution in [-0.4, -0.2) is 28.4 Å². The van der Waals surface area contributed by atoms with E-state index in [1.165, 1.54) is 11.6 Å². The Bertz CT molecular complexity index is 1260. The second kappa shape index (κ2) is 10.4. The highest BCUT2D eigenvalue weighted by molar-refractivity contribution is 5.87. The topological polar surface area (TPSA) is 46.6 Å². The van der Waals surface area contributed by atoms with Crippen molar-refractivity contribution in [3.63, 3.8) is 0 Å². The van der Waals surface area contributed by atoms with Crippen LogP contribution in [0.3, 0.4) is 0 Å². The maximum absolute atomic E-state index is 14.5. The van der Waals surface area contributed by atoms with Gasteiger partial charge in [0.15, 0.2) is 0 Å². The molecule has 0 saturated heterocycles. The molecule has 4 nitrogen and oxygen atoms in total. The minimum atomic E-state index is -0.626. The van der Waals surface area contributed by atoms with Crippen molar-refractivity contribution in [1.29, 1.82) is 0 Å². The fraction of sp³-hybridized carbons (Fsp3) is 0.419. The molecule has 1 aliphatic rings. The number of amides is 1. The summed E-state index contributed by atoms with van der Waals surface area (Å²) in [6.45, 7) is 9.24. The lowest BCUT2D eigenvalue weighted by Crippen LogP contribution is -2.44. The molecule has 4 rings (SSSR count). The zero-order valence-corrected chi connectivity index (χ0v) is 21.9. The normalized spacial score (nSPS) is 18.7. The highest BCUT2D eigenvalue weighted by Gasteiger charge is 2.38. The quantitative estimate of drug-likeness (QED) is 0.356. The molecule has 190 valence electrons. The van der Waals surface area contributed by atoms with Crippen molar-refractivity contribution in [2.45, 2.75) is 83.9 Å². The smallest absolute Gasteiger partial charge is 0.411 e. The van der Waals surface area contributed by atoms with Gasteiger partial charge in [0.05, 0.1) is 6.04 Å². The lowest BCUT2D eigenvalue weighted by Gasteiger charge is -2.37. The first kappa shape index (κ1) is 25.9. The van der Waals surface area contributed by atoms with Gasteiger partial charge in [-0.15, -0.1) is 0 Å². The summed E-state index contributed by atoms with van der Waals surface area (Å²) in [4.78, 5) is 27.1. The molecule has 0 radical (unpaired) electrons. The Morgan fingerprint density at radius 2 is 1.75 bits per heavy atom. The number of benzene rings is 3. The summed E-state index contributed by atoms with van der Waals surface area (Å²) >= 11 is 0. The van der Waals surface area contributed by atoms with Gasteiger partial charge < -0.3 is 4.74 Å². The predicted molar refractivity (Wildman–Crippen MR) is 142 cm³/mol. The lowest BCUT2D eigenvalue weighted by atomic mass is 9.94. The monoisotopic (exact) mass is 489 g/mol. The van der Waals surface area contributed by atoms with Gasteiger partial charge in [-0.2, -0.15) is 0 Å². The van der Waals surface area contributed by atoms with E-state index < -0.39 is 5.60 Å².